The van der Waals surface area contributed by atoms with E-state index in [9.17, 15) is 4.79 Å². The van der Waals surface area contributed by atoms with Crippen LogP contribution < -0.4 is 0 Å². The van der Waals surface area contributed by atoms with Gasteiger partial charge in [-0.3, -0.25) is 0 Å². The Bertz CT molecular complexity index is 570. The highest BCUT2D eigenvalue weighted by Crippen LogP contribution is 2.25. The van der Waals surface area contributed by atoms with Gasteiger partial charge in [0.15, 0.2) is 0 Å². The maximum Gasteiger partial charge on any atom is 0.337 e. The van der Waals surface area contributed by atoms with Crippen LogP contribution in [0.3, 0.4) is 0 Å². The van der Waals surface area contributed by atoms with Crippen molar-refractivity contribution in [2.24, 2.45) is 0 Å². The molecule has 17 heavy (non-hydrogen) atoms. The number of aromatic nitrogens is 2. The first-order valence-corrected chi connectivity index (χ1v) is 5.54. The molecule has 1 fully saturated rings. The Labute approximate surface area is 97.7 Å². The summed E-state index contributed by atoms with van der Waals surface area (Å²) < 4.78 is 7.19. The van der Waals surface area contributed by atoms with Gasteiger partial charge in [0.1, 0.15) is 5.82 Å². The third kappa shape index (κ3) is 1.68. The summed E-state index contributed by atoms with van der Waals surface area (Å²) in [6, 6.07) is 3.37. The van der Waals surface area contributed by atoms with E-state index in [-0.39, 0.29) is 11.5 Å². The summed E-state index contributed by atoms with van der Waals surface area (Å²) in [5.41, 5.74) is 1.19. The predicted molar refractivity (Wildman–Crippen MR) is 60.3 cm³/mol. The molecule has 0 radical (unpaired) electrons. The summed E-state index contributed by atoms with van der Waals surface area (Å²) in [6.45, 7) is 1.41. The molecule has 0 aliphatic carbocycles. The van der Waals surface area contributed by atoms with E-state index in [1.165, 1.54) is 0 Å². The second-order valence-electron chi connectivity index (χ2n) is 4.19. The number of hydrogen-bond donors (Lipinski definition) is 1. The van der Waals surface area contributed by atoms with Gasteiger partial charge >= 0.3 is 5.97 Å². The molecule has 0 aromatic carbocycles. The Balaban J connectivity index is 2.11. The molecule has 5 nitrogen and oxygen atoms in total. The molecule has 3 rings (SSSR count). The lowest BCUT2D eigenvalue weighted by Gasteiger charge is -2.07. The van der Waals surface area contributed by atoms with Gasteiger partial charge in [-0.05, 0) is 18.6 Å². The van der Waals surface area contributed by atoms with Crippen LogP contribution in [0.1, 0.15) is 28.5 Å². The Morgan fingerprint density at radius 3 is 3.12 bits per heavy atom. The average molecular weight is 232 g/mol. The number of fused-ring (bicyclic) bond motifs is 1. The van der Waals surface area contributed by atoms with Gasteiger partial charge in [-0.2, -0.15) is 0 Å². The van der Waals surface area contributed by atoms with Crippen LogP contribution in [-0.2, 0) is 4.74 Å². The van der Waals surface area contributed by atoms with Gasteiger partial charge in [-0.25, -0.2) is 9.78 Å². The SMILES string of the molecule is O=C(O)c1ccc2cnc(C3CCOC3)n2c1. The smallest absolute Gasteiger partial charge is 0.337 e. The fraction of sp³-hybridized carbons (Fsp3) is 0.333. The summed E-state index contributed by atoms with van der Waals surface area (Å²) in [5.74, 6) is 0.233. The summed E-state index contributed by atoms with van der Waals surface area (Å²) in [5, 5.41) is 8.98. The van der Waals surface area contributed by atoms with Gasteiger partial charge in [-0.1, -0.05) is 0 Å². The van der Waals surface area contributed by atoms with Gasteiger partial charge in [0.05, 0.1) is 23.9 Å². The van der Waals surface area contributed by atoms with Gasteiger partial charge in [0.25, 0.3) is 0 Å². The van der Waals surface area contributed by atoms with Crippen molar-refractivity contribution < 1.29 is 14.6 Å². The Morgan fingerprint density at radius 2 is 2.41 bits per heavy atom. The first-order chi connectivity index (χ1) is 8.25. The topological polar surface area (TPSA) is 63.8 Å². The first kappa shape index (κ1) is 10.3. The van der Waals surface area contributed by atoms with Gasteiger partial charge in [0.2, 0.25) is 0 Å². The lowest BCUT2D eigenvalue weighted by molar-refractivity contribution is 0.0696. The van der Waals surface area contributed by atoms with Crippen molar-refractivity contribution in [1.29, 1.82) is 0 Å². The second-order valence-corrected chi connectivity index (χ2v) is 4.19. The third-order valence-corrected chi connectivity index (χ3v) is 3.10. The lowest BCUT2D eigenvalue weighted by atomic mass is 10.1. The molecule has 2 aromatic rings. The molecule has 1 aliphatic rings. The summed E-state index contributed by atoms with van der Waals surface area (Å²) in [7, 11) is 0. The largest absolute Gasteiger partial charge is 0.478 e. The van der Waals surface area contributed by atoms with Crippen LogP contribution >= 0.6 is 0 Å². The number of ether oxygens (including phenoxy) is 1. The highest BCUT2D eigenvalue weighted by Gasteiger charge is 2.22. The van der Waals surface area contributed by atoms with Crippen molar-refractivity contribution in [2.45, 2.75) is 12.3 Å². The van der Waals surface area contributed by atoms with Gasteiger partial charge in [-0.15, -0.1) is 0 Å². The van der Waals surface area contributed by atoms with E-state index in [1.54, 1.807) is 24.5 Å². The van der Waals surface area contributed by atoms with Crippen molar-refractivity contribution in [2.75, 3.05) is 13.2 Å². The standard InChI is InChI=1S/C12H12N2O3/c15-12(16)8-1-2-10-5-13-11(14(10)6-8)9-3-4-17-7-9/h1-2,5-6,9H,3-4,7H2,(H,15,16). The molecule has 0 spiro atoms. The Hall–Kier alpha value is -1.88. The molecule has 5 heteroatoms. The van der Waals surface area contributed by atoms with E-state index in [0.717, 1.165) is 24.4 Å². The molecule has 1 atom stereocenters. The van der Waals surface area contributed by atoms with E-state index in [2.05, 4.69) is 4.98 Å². The number of carboxylic acids is 1. The fourth-order valence-corrected chi connectivity index (χ4v) is 2.18. The predicted octanol–water partition coefficient (Wildman–Crippen LogP) is 1.54. The molecule has 2 aromatic heterocycles. The normalized spacial score (nSPS) is 19.9. The minimum absolute atomic E-state index is 0.265. The maximum absolute atomic E-state index is 10.9. The molecular formula is C12H12N2O3. The van der Waals surface area contributed by atoms with E-state index < -0.39 is 5.97 Å². The van der Waals surface area contributed by atoms with Crippen LogP contribution in [-0.4, -0.2) is 33.7 Å². The minimum Gasteiger partial charge on any atom is -0.478 e. The van der Waals surface area contributed by atoms with Gasteiger partial charge in [0, 0.05) is 18.7 Å². The van der Waals surface area contributed by atoms with E-state index in [4.69, 9.17) is 9.84 Å². The van der Waals surface area contributed by atoms with Crippen molar-refractivity contribution in [3.63, 3.8) is 0 Å². The Kier molecular flexibility index (Phi) is 2.33. The van der Waals surface area contributed by atoms with Crippen LogP contribution in [0.5, 0.6) is 0 Å². The zero-order valence-corrected chi connectivity index (χ0v) is 9.17. The number of carboxylic acid groups (broad SMARTS) is 1. The highest BCUT2D eigenvalue weighted by molar-refractivity contribution is 5.87. The molecule has 1 unspecified atom stereocenters. The molecule has 1 N–H and O–H groups in total. The lowest BCUT2D eigenvalue weighted by Crippen LogP contribution is -2.06. The van der Waals surface area contributed by atoms with Crippen LogP contribution in [0.25, 0.3) is 5.52 Å². The van der Waals surface area contributed by atoms with E-state index in [0.29, 0.717) is 6.61 Å². The Morgan fingerprint density at radius 1 is 1.53 bits per heavy atom. The average Bonchev–Trinajstić information content (AvgIpc) is 2.96. The molecule has 0 amide bonds. The number of carbonyl (C=O) groups is 1. The van der Waals surface area contributed by atoms with Crippen molar-refractivity contribution in [3.05, 3.63) is 35.9 Å². The van der Waals surface area contributed by atoms with E-state index in [1.807, 2.05) is 4.40 Å². The molecule has 88 valence electrons. The van der Waals surface area contributed by atoms with Gasteiger partial charge < -0.3 is 14.2 Å². The summed E-state index contributed by atoms with van der Waals surface area (Å²) in [6.07, 6.45) is 4.33. The quantitative estimate of drug-likeness (QED) is 0.853. The van der Waals surface area contributed by atoms with Crippen molar-refractivity contribution in [1.82, 2.24) is 9.38 Å². The number of nitrogens with zero attached hydrogens (tertiary/aromatic N) is 2. The number of hydrogen-bond acceptors (Lipinski definition) is 3. The summed E-state index contributed by atoms with van der Waals surface area (Å²) >= 11 is 0. The zero-order valence-electron chi connectivity index (χ0n) is 9.17. The first-order valence-electron chi connectivity index (χ1n) is 5.54. The highest BCUT2D eigenvalue weighted by atomic mass is 16.5. The third-order valence-electron chi connectivity index (χ3n) is 3.10. The molecule has 1 aliphatic heterocycles. The molecule has 1 saturated heterocycles. The summed E-state index contributed by atoms with van der Waals surface area (Å²) in [4.78, 5) is 15.3. The van der Waals surface area contributed by atoms with Crippen LogP contribution in [0.15, 0.2) is 24.5 Å². The van der Waals surface area contributed by atoms with Crippen LogP contribution in [0.2, 0.25) is 0 Å². The molecule has 0 bridgehead atoms. The maximum atomic E-state index is 10.9. The second kappa shape index (κ2) is 3.85. The number of aromatic carboxylic acids is 1. The van der Waals surface area contributed by atoms with Crippen molar-refractivity contribution >= 4 is 11.5 Å². The fourth-order valence-electron chi connectivity index (χ4n) is 2.18. The van der Waals surface area contributed by atoms with Crippen LogP contribution in [0.4, 0.5) is 0 Å². The number of rotatable bonds is 2. The molecule has 0 saturated carbocycles. The number of pyridine rings is 1. The molecule has 3 heterocycles. The number of imidazole rings is 1. The minimum atomic E-state index is -0.922. The molecular weight excluding hydrogens is 220 g/mol. The monoisotopic (exact) mass is 232 g/mol. The zero-order chi connectivity index (χ0) is 11.8. The van der Waals surface area contributed by atoms with E-state index >= 15 is 0 Å². The van der Waals surface area contributed by atoms with Crippen molar-refractivity contribution in [3.8, 4) is 0 Å². The van der Waals surface area contributed by atoms with Crippen LogP contribution in [0, 0.1) is 0 Å².